The van der Waals surface area contributed by atoms with E-state index >= 15 is 0 Å². The minimum Gasteiger partial charge on any atom is -0.352 e. The summed E-state index contributed by atoms with van der Waals surface area (Å²) < 4.78 is 3.91. The van der Waals surface area contributed by atoms with Crippen LogP contribution in [-0.2, 0) is 6.54 Å². The summed E-state index contributed by atoms with van der Waals surface area (Å²) in [4.78, 5) is 4.73. The number of likely N-dealkylation sites (N-methyl/N-ethyl adjacent to an activating group) is 1. The van der Waals surface area contributed by atoms with Crippen molar-refractivity contribution in [1.82, 2.24) is 34.5 Å². The quantitative estimate of drug-likeness (QED) is 0.668. The number of aromatic nitrogens is 6. The van der Waals surface area contributed by atoms with Gasteiger partial charge in [-0.3, -0.25) is 9.58 Å². The Balaban J connectivity index is 1.22. The van der Waals surface area contributed by atoms with Crippen molar-refractivity contribution in [3.8, 4) is 0 Å². The smallest absolute Gasteiger partial charge is 0.178 e. The molecule has 1 aliphatic carbocycles. The predicted molar refractivity (Wildman–Crippen MR) is 93.6 cm³/mol. The predicted octanol–water partition coefficient (Wildman–Crippen LogP) is 1.02. The van der Waals surface area contributed by atoms with Crippen LogP contribution in [0.4, 0.5) is 5.82 Å². The summed E-state index contributed by atoms with van der Waals surface area (Å²) in [6.45, 7) is 3.95. The maximum absolute atomic E-state index is 4.78. The van der Waals surface area contributed by atoms with Crippen molar-refractivity contribution in [1.29, 1.82) is 0 Å². The molecule has 0 unspecified atom stereocenters. The first kappa shape index (κ1) is 14.8. The first-order valence-corrected chi connectivity index (χ1v) is 8.93. The van der Waals surface area contributed by atoms with Crippen LogP contribution in [0.1, 0.15) is 24.6 Å². The van der Waals surface area contributed by atoms with Gasteiger partial charge in [0.2, 0.25) is 0 Å². The monoisotopic (exact) mass is 338 g/mol. The summed E-state index contributed by atoms with van der Waals surface area (Å²) in [7, 11) is 2.19. The molecule has 0 amide bonds. The molecule has 0 spiro atoms. The molecule has 1 saturated carbocycles. The second-order valence-electron chi connectivity index (χ2n) is 7.10. The van der Waals surface area contributed by atoms with E-state index in [1.807, 2.05) is 33.7 Å². The van der Waals surface area contributed by atoms with Gasteiger partial charge in [-0.05, 0) is 38.1 Å². The molecule has 130 valence electrons. The number of hydrogen-bond donors (Lipinski definition) is 0. The topological polar surface area (TPSA) is 67.4 Å². The maximum Gasteiger partial charge on any atom is 0.178 e. The third-order valence-electron chi connectivity index (χ3n) is 5.27. The standard InChI is InChI=1S/C17H22N8/c1-22(9-10-24-8-2-7-18-24)14-11-23(12-14)16-6-5-15-19-20-17(13-3-4-13)25(15)21-16/h2,5-8,13-14H,3-4,9-12H2,1H3. The Morgan fingerprint density at radius 2 is 2.08 bits per heavy atom. The molecule has 0 aromatic carbocycles. The Labute approximate surface area is 146 Å². The van der Waals surface area contributed by atoms with Crippen LogP contribution >= 0.6 is 0 Å². The number of nitrogens with zero attached hydrogens (tertiary/aromatic N) is 8. The second-order valence-corrected chi connectivity index (χ2v) is 7.10. The van der Waals surface area contributed by atoms with Crippen LogP contribution in [0.5, 0.6) is 0 Å². The Bertz CT molecular complexity index is 860. The van der Waals surface area contributed by atoms with E-state index in [1.165, 1.54) is 12.8 Å². The number of hydrogen-bond acceptors (Lipinski definition) is 6. The zero-order chi connectivity index (χ0) is 16.8. The van der Waals surface area contributed by atoms with Gasteiger partial charge in [-0.15, -0.1) is 15.3 Å². The Morgan fingerprint density at radius 3 is 2.84 bits per heavy atom. The van der Waals surface area contributed by atoms with Crippen LogP contribution < -0.4 is 4.90 Å². The van der Waals surface area contributed by atoms with Crippen molar-refractivity contribution in [3.63, 3.8) is 0 Å². The minimum absolute atomic E-state index is 0.551. The van der Waals surface area contributed by atoms with Crippen molar-refractivity contribution in [2.75, 3.05) is 31.6 Å². The summed E-state index contributed by atoms with van der Waals surface area (Å²) in [5, 5.41) is 17.6. The molecule has 4 heterocycles. The third kappa shape index (κ3) is 2.76. The van der Waals surface area contributed by atoms with Gasteiger partial charge < -0.3 is 4.90 Å². The van der Waals surface area contributed by atoms with E-state index < -0.39 is 0 Å². The minimum atomic E-state index is 0.551. The molecule has 8 heteroatoms. The van der Waals surface area contributed by atoms with Crippen molar-refractivity contribution in [3.05, 3.63) is 36.4 Å². The molecule has 0 atom stereocenters. The van der Waals surface area contributed by atoms with Crippen LogP contribution in [0.25, 0.3) is 5.65 Å². The van der Waals surface area contributed by atoms with Crippen LogP contribution in [0, 0.1) is 0 Å². The third-order valence-corrected chi connectivity index (χ3v) is 5.27. The van der Waals surface area contributed by atoms with Gasteiger partial charge in [0.1, 0.15) is 5.82 Å². The highest BCUT2D eigenvalue weighted by Gasteiger charge is 2.32. The molecule has 0 radical (unpaired) electrons. The molecule has 3 aromatic rings. The molecule has 0 N–H and O–H groups in total. The molecule has 1 saturated heterocycles. The molecule has 2 aliphatic rings. The molecule has 1 aliphatic heterocycles. The van der Waals surface area contributed by atoms with E-state index in [-0.39, 0.29) is 0 Å². The van der Waals surface area contributed by atoms with E-state index in [0.29, 0.717) is 12.0 Å². The van der Waals surface area contributed by atoms with Gasteiger partial charge >= 0.3 is 0 Å². The van der Waals surface area contributed by atoms with Crippen molar-refractivity contribution in [2.45, 2.75) is 31.3 Å². The molecule has 3 aromatic heterocycles. The Hall–Kier alpha value is -2.48. The second kappa shape index (κ2) is 5.80. The molecule has 25 heavy (non-hydrogen) atoms. The molecule has 0 bridgehead atoms. The first-order valence-electron chi connectivity index (χ1n) is 8.93. The zero-order valence-corrected chi connectivity index (χ0v) is 14.4. The zero-order valence-electron chi connectivity index (χ0n) is 14.4. The van der Waals surface area contributed by atoms with Gasteiger partial charge in [-0.25, -0.2) is 0 Å². The summed E-state index contributed by atoms with van der Waals surface area (Å²) in [6, 6.07) is 6.61. The summed E-state index contributed by atoms with van der Waals surface area (Å²) in [5.74, 6) is 2.59. The molecular formula is C17H22N8. The van der Waals surface area contributed by atoms with E-state index in [2.05, 4.69) is 38.2 Å². The average molecular weight is 338 g/mol. The fraction of sp³-hybridized carbons (Fsp3) is 0.529. The highest BCUT2D eigenvalue weighted by Crippen LogP contribution is 2.38. The SMILES string of the molecule is CN(CCn1cccn1)C1CN(c2ccc3nnc(C4CC4)n3n2)C1. The van der Waals surface area contributed by atoms with Crippen molar-refractivity contribution < 1.29 is 0 Å². The van der Waals surface area contributed by atoms with Gasteiger partial charge in [0.15, 0.2) is 11.5 Å². The van der Waals surface area contributed by atoms with Crippen LogP contribution in [0.3, 0.4) is 0 Å². The van der Waals surface area contributed by atoms with E-state index in [4.69, 9.17) is 5.10 Å². The lowest BCUT2D eigenvalue weighted by atomic mass is 10.1. The van der Waals surface area contributed by atoms with Gasteiger partial charge in [0.05, 0.1) is 6.54 Å². The average Bonchev–Trinajstić information content (AvgIpc) is 3.13. The maximum atomic E-state index is 4.78. The van der Waals surface area contributed by atoms with Crippen molar-refractivity contribution >= 4 is 11.5 Å². The van der Waals surface area contributed by atoms with E-state index in [1.54, 1.807) is 0 Å². The molecule has 8 nitrogen and oxygen atoms in total. The van der Waals surface area contributed by atoms with Gasteiger partial charge in [0, 0.05) is 44.0 Å². The molecule has 2 fully saturated rings. The lowest BCUT2D eigenvalue weighted by Crippen LogP contribution is -2.59. The van der Waals surface area contributed by atoms with Gasteiger partial charge in [-0.2, -0.15) is 9.61 Å². The Morgan fingerprint density at radius 1 is 1.20 bits per heavy atom. The normalized spacial score (nSPS) is 18.2. The van der Waals surface area contributed by atoms with Crippen LogP contribution in [-0.4, -0.2) is 67.2 Å². The van der Waals surface area contributed by atoms with Crippen LogP contribution in [0.15, 0.2) is 30.6 Å². The highest BCUT2D eigenvalue weighted by atomic mass is 15.4. The number of rotatable bonds is 6. The van der Waals surface area contributed by atoms with Gasteiger partial charge in [-0.1, -0.05) is 0 Å². The number of anilines is 1. The summed E-state index contributed by atoms with van der Waals surface area (Å²) in [5.41, 5.74) is 0.846. The van der Waals surface area contributed by atoms with Gasteiger partial charge in [0.25, 0.3) is 0 Å². The summed E-state index contributed by atoms with van der Waals surface area (Å²) in [6.07, 6.45) is 6.25. The largest absolute Gasteiger partial charge is 0.352 e. The lowest BCUT2D eigenvalue weighted by molar-refractivity contribution is 0.195. The molecular weight excluding hydrogens is 316 g/mol. The fourth-order valence-corrected chi connectivity index (χ4v) is 3.36. The lowest BCUT2D eigenvalue weighted by Gasteiger charge is -2.44. The first-order chi connectivity index (χ1) is 12.3. The Kier molecular flexibility index (Phi) is 3.44. The fourth-order valence-electron chi connectivity index (χ4n) is 3.36. The van der Waals surface area contributed by atoms with E-state index in [9.17, 15) is 0 Å². The number of fused-ring (bicyclic) bond motifs is 1. The molecule has 5 rings (SSSR count). The van der Waals surface area contributed by atoms with Crippen LogP contribution in [0.2, 0.25) is 0 Å². The van der Waals surface area contributed by atoms with Crippen molar-refractivity contribution in [2.24, 2.45) is 0 Å². The highest BCUT2D eigenvalue weighted by molar-refractivity contribution is 5.48. The van der Waals surface area contributed by atoms with E-state index in [0.717, 1.165) is 43.5 Å². The summed E-state index contributed by atoms with van der Waals surface area (Å²) >= 11 is 0.